The standard InChI is InChI=1S/C13H16F3NO5S2/c1-12(2,3)23(18)17-8-9-6-5-7-10(21-4)11(9)22-24(19,20)13(14,15)16/h5-8H,1-4H3/b17-8+/t23-/m1/s1. The summed E-state index contributed by atoms with van der Waals surface area (Å²) in [6, 6.07) is 3.87. The van der Waals surface area contributed by atoms with Gasteiger partial charge in [-0.3, -0.25) is 0 Å². The van der Waals surface area contributed by atoms with Crippen molar-refractivity contribution in [1.82, 2.24) is 0 Å². The molecule has 0 heterocycles. The molecule has 0 saturated carbocycles. The van der Waals surface area contributed by atoms with E-state index in [-0.39, 0.29) is 11.3 Å². The largest absolute Gasteiger partial charge is 0.534 e. The summed E-state index contributed by atoms with van der Waals surface area (Å²) in [6.45, 7) is 4.95. The Morgan fingerprint density at radius 1 is 1.21 bits per heavy atom. The molecular formula is C13H16F3NO5S2. The van der Waals surface area contributed by atoms with E-state index in [1.807, 2.05) is 0 Å². The van der Waals surface area contributed by atoms with E-state index in [0.29, 0.717) is 0 Å². The molecule has 0 radical (unpaired) electrons. The minimum Gasteiger partial charge on any atom is -0.493 e. The van der Waals surface area contributed by atoms with Crippen molar-refractivity contribution in [1.29, 1.82) is 0 Å². The second-order valence-electron chi connectivity index (χ2n) is 5.46. The van der Waals surface area contributed by atoms with E-state index in [1.54, 1.807) is 20.8 Å². The van der Waals surface area contributed by atoms with Crippen LogP contribution in [0.4, 0.5) is 13.2 Å². The molecule has 24 heavy (non-hydrogen) atoms. The van der Waals surface area contributed by atoms with Crippen LogP contribution in [0.3, 0.4) is 0 Å². The Morgan fingerprint density at radius 3 is 2.25 bits per heavy atom. The lowest BCUT2D eigenvalue weighted by atomic mass is 10.2. The van der Waals surface area contributed by atoms with Crippen LogP contribution < -0.4 is 8.92 Å². The van der Waals surface area contributed by atoms with E-state index in [9.17, 15) is 25.8 Å². The Kier molecular flexibility index (Phi) is 6.04. The zero-order chi connectivity index (χ0) is 18.8. The van der Waals surface area contributed by atoms with Crippen molar-refractivity contribution in [3.63, 3.8) is 0 Å². The summed E-state index contributed by atoms with van der Waals surface area (Å²) in [4.78, 5) is 0. The third-order valence-electron chi connectivity index (χ3n) is 2.52. The van der Waals surface area contributed by atoms with Crippen molar-refractivity contribution < 1.29 is 34.7 Å². The Balaban J connectivity index is 3.35. The Bertz CT molecular complexity index is 752. The lowest BCUT2D eigenvalue weighted by Crippen LogP contribution is -2.28. The molecule has 0 aliphatic rings. The molecule has 0 saturated heterocycles. The van der Waals surface area contributed by atoms with Gasteiger partial charge >= 0.3 is 15.6 Å². The third-order valence-corrected chi connectivity index (χ3v) is 4.81. The predicted octanol–water partition coefficient (Wildman–Crippen LogP) is 2.80. The number of rotatable bonds is 5. The molecule has 136 valence electrons. The van der Waals surface area contributed by atoms with Crippen molar-refractivity contribution in [3.8, 4) is 11.5 Å². The molecule has 0 N–H and O–H groups in total. The summed E-state index contributed by atoms with van der Waals surface area (Å²) in [5.74, 6) is -0.930. The van der Waals surface area contributed by atoms with Gasteiger partial charge in [-0.1, -0.05) is 6.07 Å². The molecule has 0 aliphatic heterocycles. The van der Waals surface area contributed by atoms with Crippen molar-refractivity contribution in [2.24, 2.45) is 4.40 Å². The Labute approximate surface area is 140 Å². The van der Waals surface area contributed by atoms with Gasteiger partial charge in [-0.15, -0.1) is 0 Å². The molecule has 1 rings (SSSR count). The van der Waals surface area contributed by atoms with Crippen LogP contribution in [-0.4, -0.2) is 36.2 Å². The summed E-state index contributed by atoms with van der Waals surface area (Å²) < 4.78 is 83.9. The summed E-state index contributed by atoms with van der Waals surface area (Å²) >= 11 is 0. The van der Waals surface area contributed by atoms with Gasteiger partial charge in [0.15, 0.2) is 11.5 Å². The van der Waals surface area contributed by atoms with E-state index >= 15 is 0 Å². The number of para-hydroxylation sites is 1. The molecule has 6 nitrogen and oxygen atoms in total. The maximum Gasteiger partial charge on any atom is 0.534 e. The zero-order valence-electron chi connectivity index (χ0n) is 13.2. The van der Waals surface area contributed by atoms with Gasteiger partial charge < -0.3 is 8.92 Å². The molecular weight excluding hydrogens is 371 g/mol. The first-order valence-corrected chi connectivity index (χ1v) is 8.95. The molecule has 0 fully saturated rings. The normalized spacial score (nSPS) is 14.6. The van der Waals surface area contributed by atoms with Crippen molar-refractivity contribution in [3.05, 3.63) is 23.8 Å². The fraction of sp³-hybridized carbons (Fsp3) is 0.462. The van der Waals surface area contributed by atoms with Gasteiger partial charge in [0, 0.05) is 11.8 Å². The number of benzene rings is 1. The molecule has 0 amide bonds. The highest BCUT2D eigenvalue weighted by Crippen LogP contribution is 2.35. The molecule has 0 spiro atoms. The van der Waals surface area contributed by atoms with E-state index in [2.05, 4.69) is 8.58 Å². The molecule has 1 aromatic rings. The minimum absolute atomic E-state index is 0.125. The quantitative estimate of drug-likeness (QED) is 0.441. The predicted molar refractivity (Wildman–Crippen MR) is 84.1 cm³/mol. The maximum absolute atomic E-state index is 12.5. The van der Waals surface area contributed by atoms with Gasteiger partial charge in [-0.05, 0) is 32.9 Å². The Morgan fingerprint density at radius 2 is 1.79 bits per heavy atom. The molecule has 11 heteroatoms. The van der Waals surface area contributed by atoms with Crippen LogP contribution in [0.15, 0.2) is 22.6 Å². The van der Waals surface area contributed by atoms with Gasteiger partial charge in [-0.25, -0.2) is 4.21 Å². The summed E-state index contributed by atoms with van der Waals surface area (Å²) in [5.41, 5.74) is -5.73. The topological polar surface area (TPSA) is 82.0 Å². The second-order valence-corrected chi connectivity index (χ2v) is 8.93. The monoisotopic (exact) mass is 387 g/mol. The van der Waals surface area contributed by atoms with Crippen LogP contribution in [0, 0.1) is 0 Å². The highest BCUT2D eigenvalue weighted by molar-refractivity contribution is 7.88. The number of hydrogen-bond acceptors (Lipinski definition) is 5. The van der Waals surface area contributed by atoms with Gasteiger partial charge in [0.05, 0.1) is 11.9 Å². The van der Waals surface area contributed by atoms with Crippen LogP contribution in [0.1, 0.15) is 26.3 Å². The molecule has 0 bridgehead atoms. The first-order chi connectivity index (χ1) is 10.8. The highest BCUT2D eigenvalue weighted by atomic mass is 32.2. The first-order valence-electron chi connectivity index (χ1n) is 6.43. The maximum atomic E-state index is 12.5. The van der Waals surface area contributed by atoms with Crippen LogP contribution in [-0.2, 0) is 21.1 Å². The summed E-state index contributed by atoms with van der Waals surface area (Å²) in [7, 11) is -6.45. The van der Waals surface area contributed by atoms with E-state index < -0.39 is 37.1 Å². The van der Waals surface area contributed by atoms with Gasteiger partial charge in [0.1, 0.15) is 11.0 Å². The number of hydrogen-bond donors (Lipinski definition) is 0. The highest BCUT2D eigenvalue weighted by Gasteiger charge is 2.49. The lowest BCUT2D eigenvalue weighted by Gasteiger charge is -2.15. The first kappa shape index (κ1) is 20.4. The van der Waals surface area contributed by atoms with Crippen LogP contribution >= 0.6 is 0 Å². The average molecular weight is 387 g/mol. The summed E-state index contributed by atoms with van der Waals surface area (Å²) in [5, 5.41) is 0. The second kappa shape index (κ2) is 7.09. The van der Waals surface area contributed by atoms with Crippen molar-refractivity contribution in [2.75, 3.05) is 7.11 Å². The van der Waals surface area contributed by atoms with Gasteiger partial charge in [-0.2, -0.15) is 26.0 Å². The number of nitrogens with zero attached hydrogens (tertiary/aromatic N) is 1. The average Bonchev–Trinajstić information content (AvgIpc) is 2.43. The minimum atomic E-state index is -5.89. The van der Waals surface area contributed by atoms with Crippen molar-refractivity contribution in [2.45, 2.75) is 31.0 Å². The van der Waals surface area contributed by atoms with Crippen LogP contribution in [0.25, 0.3) is 0 Å². The molecule has 1 aromatic carbocycles. The van der Waals surface area contributed by atoms with E-state index in [1.165, 1.54) is 18.2 Å². The fourth-order valence-electron chi connectivity index (χ4n) is 1.30. The number of halogens is 3. The number of alkyl halides is 3. The van der Waals surface area contributed by atoms with Gasteiger partial charge in [0.2, 0.25) is 0 Å². The van der Waals surface area contributed by atoms with E-state index in [0.717, 1.165) is 13.3 Å². The number of ether oxygens (including phenoxy) is 1. The SMILES string of the molecule is COc1cccc(/C=N/[S@](=O)C(C)(C)C)c1OS(=O)(=O)C(F)(F)F. The molecule has 0 aliphatic carbocycles. The fourth-order valence-corrected chi connectivity index (χ4v) is 2.32. The number of methoxy groups -OCH3 is 1. The summed E-state index contributed by atoms with van der Waals surface area (Å²) in [6.07, 6.45) is 0.977. The van der Waals surface area contributed by atoms with Gasteiger partial charge in [0.25, 0.3) is 0 Å². The van der Waals surface area contributed by atoms with Crippen LogP contribution in [0.5, 0.6) is 11.5 Å². The molecule has 0 unspecified atom stereocenters. The molecule has 0 aromatic heterocycles. The molecule has 1 atom stereocenters. The van der Waals surface area contributed by atoms with Crippen LogP contribution in [0.2, 0.25) is 0 Å². The lowest BCUT2D eigenvalue weighted by molar-refractivity contribution is -0.0500. The third kappa shape index (κ3) is 4.94. The van der Waals surface area contributed by atoms with E-state index in [4.69, 9.17) is 4.74 Å². The smallest absolute Gasteiger partial charge is 0.493 e. The Hall–Kier alpha value is -1.62. The zero-order valence-corrected chi connectivity index (χ0v) is 14.9. The van der Waals surface area contributed by atoms with Crippen molar-refractivity contribution >= 4 is 27.3 Å².